The number of hydrogen-bond acceptors (Lipinski definition) is 5. The number of nitrogens with zero attached hydrogens (tertiary/aromatic N) is 4. The Hall–Kier alpha value is -3.77. The lowest BCUT2D eigenvalue weighted by molar-refractivity contribution is 0.313. The van der Waals surface area contributed by atoms with Crippen LogP contribution in [0.4, 0.5) is 5.82 Å². The second-order valence-corrected chi connectivity index (χ2v) is 10.0. The van der Waals surface area contributed by atoms with Crippen LogP contribution < -0.4 is 11.1 Å². The number of hydrogen-bond donors (Lipinski definition) is 2. The van der Waals surface area contributed by atoms with Crippen molar-refractivity contribution in [1.29, 1.82) is 0 Å². The molecule has 1 fully saturated rings. The van der Waals surface area contributed by atoms with E-state index in [0.717, 1.165) is 70.1 Å². The number of nitrogen functional groups attached to an aromatic ring is 1. The van der Waals surface area contributed by atoms with Gasteiger partial charge in [0.2, 0.25) is 0 Å². The molecule has 1 aliphatic rings. The number of aromatic nitrogens is 4. The van der Waals surface area contributed by atoms with Crippen LogP contribution in [0, 0.1) is 12.8 Å². The van der Waals surface area contributed by atoms with Crippen LogP contribution in [-0.2, 0) is 0 Å². The van der Waals surface area contributed by atoms with Gasteiger partial charge >= 0.3 is 0 Å². The molecule has 182 valence electrons. The number of anilines is 1. The summed E-state index contributed by atoms with van der Waals surface area (Å²) in [7, 11) is 2.04. The molecule has 3 heterocycles. The molecule has 3 N–H and O–H groups in total. The zero-order valence-electron chi connectivity index (χ0n) is 20.9. The predicted octanol–water partition coefficient (Wildman–Crippen LogP) is 6.00. The molecular formula is C30H32N6. The van der Waals surface area contributed by atoms with E-state index in [1.165, 1.54) is 18.4 Å². The number of benzene rings is 2. The summed E-state index contributed by atoms with van der Waals surface area (Å²) in [5.74, 6) is 2.78. The summed E-state index contributed by atoms with van der Waals surface area (Å²) in [5, 5.41) is 4.49. The molecule has 1 aliphatic carbocycles. The highest BCUT2D eigenvalue weighted by atomic mass is 15.1. The van der Waals surface area contributed by atoms with E-state index in [-0.39, 0.29) is 0 Å². The molecule has 36 heavy (non-hydrogen) atoms. The van der Waals surface area contributed by atoms with E-state index in [9.17, 15) is 0 Å². The monoisotopic (exact) mass is 476 g/mol. The minimum atomic E-state index is 0.423. The van der Waals surface area contributed by atoms with Gasteiger partial charge in [-0.15, -0.1) is 0 Å². The molecule has 5 aromatic rings. The van der Waals surface area contributed by atoms with Crippen molar-refractivity contribution < 1.29 is 0 Å². The lowest BCUT2D eigenvalue weighted by atomic mass is 9.81. The topological polar surface area (TPSA) is 81.1 Å². The van der Waals surface area contributed by atoms with Crippen LogP contribution >= 0.6 is 0 Å². The molecule has 3 aromatic heterocycles. The highest BCUT2D eigenvalue weighted by Crippen LogP contribution is 2.39. The Morgan fingerprint density at radius 1 is 0.972 bits per heavy atom. The minimum absolute atomic E-state index is 0.423. The van der Waals surface area contributed by atoms with Crippen molar-refractivity contribution in [3.05, 3.63) is 78.4 Å². The molecule has 0 saturated heterocycles. The SMILES string of the molecule is CNC[C@H]1CC[C@H](c2nc(-c3ccc4c(C)cc(-c5ccccc5)nc4c3)c3c(N)nccn32)CC1. The van der Waals surface area contributed by atoms with Gasteiger partial charge in [-0.3, -0.25) is 4.40 Å². The third-order valence-electron chi connectivity index (χ3n) is 7.67. The highest BCUT2D eigenvalue weighted by molar-refractivity contribution is 5.92. The number of nitrogens with one attached hydrogen (secondary N) is 1. The first-order valence-corrected chi connectivity index (χ1v) is 12.9. The zero-order valence-corrected chi connectivity index (χ0v) is 20.9. The molecule has 0 aliphatic heterocycles. The van der Waals surface area contributed by atoms with E-state index in [1.807, 2.05) is 31.4 Å². The molecular weight excluding hydrogens is 444 g/mol. The van der Waals surface area contributed by atoms with E-state index in [4.69, 9.17) is 15.7 Å². The largest absolute Gasteiger partial charge is 0.382 e. The van der Waals surface area contributed by atoms with Gasteiger partial charge in [0.1, 0.15) is 22.9 Å². The van der Waals surface area contributed by atoms with Crippen molar-refractivity contribution in [3.63, 3.8) is 0 Å². The lowest BCUT2D eigenvalue weighted by Crippen LogP contribution is -2.24. The Morgan fingerprint density at radius 3 is 2.56 bits per heavy atom. The van der Waals surface area contributed by atoms with Gasteiger partial charge in [0.05, 0.1) is 11.2 Å². The molecule has 0 atom stereocenters. The van der Waals surface area contributed by atoms with Crippen molar-refractivity contribution in [1.82, 2.24) is 24.7 Å². The predicted molar refractivity (Wildman–Crippen MR) is 147 cm³/mol. The first-order valence-electron chi connectivity index (χ1n) is 12.9. The average molecular weight is 477 g/mol. The van der Waals surface area contributed by atoms with E-state index in [1.54, 1.807) is 6.20 Å². The maximum atomic E-state index is 6.44. The quantitative estimate of drug-likeness (QED) is 0.325. The fourth-order valence-corrected chi connectivity index (χ4v) is 5.80. The molecule has 6 rings (SSSR count). The van der Waals surface area contributed by atoms with Crippen LogP contribution in [0.3, 0.4) is 0 Å². The fourth-order valence-electron chi connectivity index (χ4n) is 5.80. The standard InChI is InChI=1S/C30H32N6/c1-19-16-25(21-6-4-3-5-7-21)34-26-17-23(12-13-24(19)26)27-28-29(31)33-14-15-36(28)30(35-27)22-10-8-20(9-11-22)18-32-2/h3-7,12-17,20,22,32H,8-11,18H2,1-2H3,(H2,31,33)/t20-,22-. The Morgan fingerprint density at radius 2 is 1.78 bits per heavy atom. The van der Waals surface area contributed by atoms with Gasteiger partial charge < -0.3 is 11.1 Å². The molecule has 0 bridgehead atoms. The van der Waals surface area contributed by atoms with Gasteiger partial charge in [0.25, 0.3) is 0 Å². The summed E-state index contributed by atoms with van der Waals surface area (Å²) in [4.78, 5) is 14.7. The second kappa shape index (κ2) is 9.36. The van der Waals surface area contributed by atoms with Crippen molar-refractivity contribution in [2.75, 3.05) is 19.3 Å². The van der Waals surface area contributed by atoms with E-state index in [2.05, 4.69) is 58.0 Å². The molecule has 6 heteroatoms. The van der Waals surface area contributed by atoms with Gasteiger partial charge in [-0.25, -0.2) is 15.0 Å². The number of fused-ring (bicyclic) bond motifs is 2. The second-order valence-electron chi connectivity index (χ2n) is 10.0. The van der Waals surface area contributed by atoms with Crippen LogP contribution in [-0.4, -0.2) is 32.9 Å². The number of pyridine rings is 1. The van der Waals surface area contributed by atoms with Crippen molar-refractivity contribution in [2.45, 2.75) is 38.5 Å². The maximum absolute atomic E-state index is 6.44. The third-order valence-corrected chi connectivity index (χ3v) is 7.67. The van der Waals surface area contributed by atoms with Gasteiger partial charge in [-0.1, -0.05) is 42.5 Å². The van der Waals surface area contributed by atoms with E-state index in [0.29, 0.717) is 11.7 Å². The van der Waals surface area contributed by atoms with Crippen LogP contribution in [0.5, 0.6) is 0 Å². The van der Waals surface area contributed by atoms with Crippen molar-refractivity contribution in [2.24, 2.45) is 5.92 Å². The summed E-state index contributed by atoms with van der Waals surface area (Å²) in [6.45, 7) is 3.23. The van der Waals surface area contributed by atoms with Gasteiger partial charge in [-0.2, -0.15) is 0 Å². The van der Waals surface area contributed by atoms with E-state index >= 15 is 0 Å². The molecule has 2 aromatic carbocycles. The number of rotatable bonds is 5. The fraction of sp³-hybridized carbons (Fsp3) is 0.300. The van der Waals surface area contributed by atoms with Crippen LogP contribution in [0.15, 0.2) is 67.0 Å². The third kappa shape index (κ3) is 4.01. The summed E-state index contributed by atoms with van der Waals surface area (Å²) in [6.07, 6.45) is 8.52. The number of nitrogens with two attached hydrogens (primary N) is 1. The summed E-state index contributed by atoms with van der Waals surface area (Å²) in [6, 6.07) is 18.9. The van der Waals surface area contributed by atoms with Crippen molar-refractivity contribution >= 4 is 22.2 Å². The first kappa shape index (κ1) is 22.7. The first-order chi connectivity index (χ1) is 17.6. The number of imidazole rings is 1. The zero-order chi connectivity index (χ0) is 24.6. The minimum Gasteiger partial charge on any atom is -0.382 e. The van der Waals surface area contributed by atoms with Gasteiger partial charge in [0, 0.05) is 34.8 Å². The van der Waals surface area contributed by atoms with E-state index < -0.39 is 0 Å². The molecule has 0 spiro atoms. The Labute approximate surface area is 211 Å². The molecule has 0 amide bonds. The molecule has 0 unspecified atom stereocenters. The summed E-state index contributed by atoms with van der Waals surface area (Å²) >= 11 is 0. The average Bonchev–Trinajstić information content (AvgIpc) is 3.30. The Balaban J connectivity index is 1.45. The highest BCUT2D eigenvalue weighted by Gasteiger charge is 2.27. The smallest absolute Gasteiger partial charge is 0.150 e. The van der Waals surface area contributed by atoms with Gasteiger partial charge in [-0.05, 0) is 69.8 Å². The van der Waals surface area contributed by atoms with Crippen LogP contribution in [0.1, 0.15) is 43.0 Å². The van der Waals surface area contributed by atoms with Crippen molar-refractivity contribution in [3.8, 4) is 22.5 Å². The maximum Gasteiger partial charge on any atom is 0.150 e. The molecule has 0 radical (unpaired) electrons. The van der Waals surface area contributed by atoms with Gasteiger partial charge in [0.15, 0.2) is 0 Å². The lowest BCUT2D eigenvalue weighted by Gasteiger charge is -2.27. The normalized spacial score (nSPS) is 18.2. The van der Waals surface area contributed by atoms with Crippen LogP contribution in [0.2, 0.25) is 0 Å². The number of aryl methyl sites for hydroxylation is 1. The summed E-state index contributed by atoms with van der Waals surface area (Å²) < 4.78 is 2.17. The Kier molecular flexibility index (Phi) is 5.89. The van der Waals surface area contributed by atoms with Crippen LogP contribution in [0.25, 0.3) is 38.9 Å². The molecule has 6 nitrogen and oxygen atoms in total. The summed E-state index contributed by atoms with van der Waals surface area (Å²) in [5.41, 5.74) is 13.5. The Bertz CT molecular complexity index is 1530. The molecule has 1 saturated carbocycles.